The van der Waals surface area contributed by atoms with E-state index < -0.39 is 0 Å². The largest absolute Gasteiger partial charge is 0.208 e. The van der Waals surface area contributed by atoms with E-state index in [1.807, 2.05) is 60.7 Å². The van der Waals surface area contributed by atoms with Crippen molar-refractivity contribution < 1.29 is 0 Å². The minimum atomic E-state index is 0.655. The molecule has 0 aliphatic heterocycles. The molecular weight excluding hydrogens is 558 g/mol. The topological polar surface area (TPSA) is 38.7 Å². The second-order valence-corrected chi connectivity index (χ2v) is 11.6. The first-order valence-electron chi connectivity index (χ1n) is 15.5. The fourth-order valence-corrected chi connectivity index (χ4v) is 6.69. The van der Waals surface area contributed by atoms with Gasteiger partial charge in [-0.05, 0) is 67.4 Å². The minimum absolute atomic E-state index is 0.655. The summed E-state index contributed by atoms with van der Waals surface area (Å²) in [4.78, 5) is 14.7. The van der Waals surface area contributed by atoms with E-state index >= 15 is 0 Å². The molecule has 0 spiro atoms. The summed E-state index contributed by atoms with van der Waals surface area (Å²) < 4.78 is 0. The van der Waals surface area contributed by atoms with Gasteiger partial charge in [0.1, 0.15) is 0 Å². The number of rotatable bonds is 5. The molecule has 0 N–H and O–H groups in total. The van der Waals surface area contributed by atoms with E-state index in [0.717, 1.165) is 22.3 Å². The molecule has 0 saturated carbocycles. The van der Waals surface area contributed by atoms with Crippen molar-refractivity contribution in [1.29, 1.82) is 0 Å². The van der Waals surface area contributed by atoms with Gasteiger partial charge in [0.05, 0.1) is 0 Å². The van der Waals surface area contributed by atoms with Gasteiger partial charge in [-0.2, -0.15) is 0 Å². The van der Waals surface area contributed by atoms with Crippen LogP contribution in [0.5, 0.6) is 0 Å². The summed E-state index contributed by atoms with van der Waals surface area (Å²) >= 11 is 0. The van der Waals surface area contributed by atoms with Crippen LogP contribution in [0.3, 0.4) is 0 Å². The van der Waals surface area contributed by atoms with E-state index in [4.69, 9.17) is 15.0 Å². The predicted molar refractivity (Wildman–Crippen MR) is 189 cm³/mol. The van der Waals surface area contributed by atoms with Crippen molar-refractivity contribution in [2.75, 3.05) is 0 Å². The molecule has 1 aliphatic rings. The van der Waals surface area contributed by atoms with Crippen LogP contribution in [0.4, 0.5) is 0 Å². The molecular formula is C43H27N3. The monoisotopic (exact) mass is 585 g/mol. The number of benzene rings is 7. The van der Waals surface area contributed by atoms with Gasteiger partial charge in [0, 0.05) is 16.7 Å². The minimum Gasteiger partial charge on any atom is -0.208 e. The third kappa shape index (κ3) is 4.41. The lowest BCUT2D eigenvalue weighted by Gasteiger charge is -2.13. The van der Waals surface area contributed by atoms with Gasteiger partial charge in [0.25, 0.3) is 0 Å². The zero-order valence-electron chi connectivity index (χ0n) is 24.9. The van der Waals surface area contributed by atoms with E-state index in [-0.39, 0.29) is 0 Å². The van der Waals surface area contributed by atoms with Gasteiger partial charge in [-0.1, -0.05) is 152 Å². The van der Waals surface area contributed by atoms with Crippen LogP contribution in [0, 0.1) is 0 Å². The van der Waals surface area contributed by atoms with Crippen molar-refractivity contribution in [3.8, 4) is 78.7 Å². The van der Waals surface area contributed by atoms with E-state index in [2.05, 4.69) is 103 Å². The van der Waals surface area contributed by atoms with Gasteiger partial charge in [-0.3, -0.25) is 0 Å². The first-order chi connectivity index (χ1) is 22.8. The third-order valence-electron chi connectivity index (χ3n) is 8.86. The molecule has 0 bridgehead atoms. The molecule has 1 heterocycles. The van der Waals surface area contributed by atoms with Crippen LogP contribution in [0.1, 0.15) is 0 Å². The summed E-state index contributed by atoms with van der Waals surface area (Å²) in [7, 11) is 0. The Morgan fingerprint density at radius 1 is 0.283 bits per heavy atom. The number of nitrogens with zero attached hydrogens (tertiary/aromatic N) is 3. The number of hydrogen-bond acceptors (Lipinski definition) is 3. The molecule has 9 rings (SSSR count). The lowest BCUT2D eigenvalue weighted by atomic mass is 9.91. The zero-order chi connectivity index (χ0) is 30.5. The molecule has 46 heavy (non-hydrogen) atoms. The van der Waals surface area contributed by atoms with Gasteiger partial charge < -0.3 is 0 Å². The summed E-state index contributed by atoms with van der Waals surface area (Å²) in [6, 6.07) is 57.5. The van der Waals surface area contributed by atoms with Gasteiger partial charge >= 0.3 is 0 Å². The number of aromatic nitrogens is 3. The van der Waals surface area contributed by atoms with Crippen LogP contribution in [-0.2, 0) is 0 Å². The molecule has 0 atom stereocenters. The van der Waals surface area contributed by atoms with Gasteiger partial charge in [0.2, 0.25) is 0 Å². The fraction of sp³-hybridized carbons (Fsp3) is 0. The van der Waals surface area contributed by atoms with Gasteiger partial charge in [-0.15, -0.1) is 0 Å². The Hall–Kier alpha value is -6.19. The van der Waals surface area contributed by atoms with Crippen molar-refractivity contribution >= 4 is 10.8 Å². The quantitative estimate of drug-likeness (QED) is 0.202. The Morgan fingerprint density at radius 2 is 0.761 bits per heavy atom. The van der Waals surface area contributed by atoms with Gasteiger partial charge in [0.15, 0.2) is 17.5 Å². The molecule has 0 fully saturated rings. The standard InChI is InChI=1S/C43H27N3/c1-4-12-28(13-5-1)34-26-33-18-10-20-36-37-21-11-19-35(40(37)38(27-34)39(33)36)29-22-24-32(25-23-29)43-45-41(30-14-6-2-7-15-30)44-42(46-43)31-16-8-3-9-17-31/h1-27H. The number of hydrogen-bond donors (Lipinski definition) is 0. The first-order valence-corrected chi connectivity index (χ1v) is 15.5. The molecule has 7 aromatic carbocycles. The van der Waals surface area contributed by atoms with Crippen molar-refractivity contribution in [1.82, 2.24) is 15.0 Å². The van der Waals surface area contributed by atoms with E-state index in [9.17, 15) is 0 Å². The third-order valence-corrected chi connectivity index (χ3v) is 8.86. The average molecular weight is 586 g/mol. The van der Waals surface area contributed by atoms with Crippen LogP contribution < -0.4 is 0 Å². The van der Waals surface area contributed by atoms with Crippen LogP contribution in [0.25, 0.3) is 89.4 Å². The molecule has 1 aliphatic carbocycles. The van der Waals surface area contributed by atoms with E-state index in [0.29, 0.717) is 17.5 Å². The highest BCUT2D eigenvalue weighted by atomic mass is 15.0. The number of fused-ring (bicyclic) bond motifs is 3. The zero-order valence-corrected chi connectivity index (χ0v) is 24.9. The second kappa shape index (κ2) is 10.8. The van der Waals surface area contributed by atoms with Crippen LogP contribution in [-0.4, -0.2) is 15.0 Å². The summed E-state index contributed by atoms with van der Waals surface area (Å²) in [6.45, 7) is 0. The summed E-state index contributed by atoms with van der Waals surface area (Å²) in [5.74, 6) is 1.98. The van der Waals surface area contributed by atoms with E-state index in [1.54, 1.807) is 0 Å². The Bertz CT molecular complexity index is 2320. The highest BCUT2D eigenvalue weighted by molar-refractivity contribution is 6.19. The Kier molecular flexibility index (Phi) is 6.14. The SMILES string of the molecule is c1ccc(-c2cc3c4c(cccc4c2)-c2cccc(-c4ccc(-c5nc(-c6ccccc6)nc(-c6ccccc6)n5)cc4)c2-3)cc1. The maximum Gasteiger partial charge on any atom is 0.164 e. The molecule has 0 amide bonds. The van der Waals surface area contributed by atoms with Crippen molar-refractivity contribution in [2.24, 2.45) is 0 Å². The van der Waals surface area contributed by atoms with Crippen molar-refractivity contribution in [2.45, 2.75) is 0 Å². The Labute approximate surface area is 267 Å². The lowest BCUT2D eigenvalue weighted by Crippen LogP contribution is -2.00. The molecule has 3 nitrogen and oxygen atoms in total. The highest BCUT2D eigenvalue weighted by Crippen LogP contribution is 2.52. The smallest absolute Gasteiger partial charge is 0.164 e. The molecule has 8 aromatic rings. The first kappa shape index (κ1) is 26.2. The normalized spacial score (nSPS) is 11.5. The molecule has 0 saturated heterocycles. The Morgan fingerprint density at radius 3 is 1.37 bits per heavy atom. The molecule has 0 radical (unpaired) electrons. The maximum atomic E-state index is 4.93. The van der Waals surface area contributed by atoms with E-state index in [1.165, 1.54) is 49.7 Å². The highest BCUT2D eigenvalue weighted by Gasteiger charge is 2.25. The summed E-state index contributed by atoms with van der Waals surface area (Å²) in [5, 5.41) is 2.60. The van der Waals surface area contributed by atoms with Crippen molar-refractivity contribution in [3.05, 3.63) is 164 Å². The average Bonchev–Trinajstić information content (AvgIpc) is 3.47. The molecule has 0 unspecified atom stereocenters. The maximum absolute atomic E-state index is 4.93. The van der Waals surface area contributed by atoms with Gasteiger partial charge in [-0.25, -0.2) is 15.0 Å². The molecule has 1 aromatic heterocycles. The van der Waals surface area contributed by atoms with Crippen molar-refractivity contribution in [3.63, 3.8) is 0 Å². The Balaban J connectivity index is 1.16. The summed E-state index contributed by atoms with van der Waals surface area (Å²) in [5.41, 5.74) is 12.9. The molecule has 214 valence electrons. The lowest BCUT2D eigenvalue weighted by molar-refractivity contribution is 1.07. The van der Waals surface area contributed by atoms with Crippen LogP contribution in [0.2, 0.25) is 0 Å². The second-order valence-electron chi connectivity index (χ2n) is 11.6. The van der Waals surface area contributed by atoms with Crippen LogP contribution in [0.15, 0.2) is 164 Å². The predicted octanol–water partition coefficient (Wildman–Crippen LogP) is 11.0. The van der Waals surface area contributed by atoms with Crippen LogP contribution >= 0.6 is 0 Å². The summed E-state index contributed by atoms with van der Waals surface area (Å²) in [6.07, 6.45) is 0. The fourth-order valence-electron chi connectivity index (χ4n) is 6.69. The molecule has 3 heteroatoms.